The molecule has 2 heterocycles. The molecule has 2 aromatic rings. The summed E-state index contributed by atoms with van der Waals surface area (Å²) in [6.45, 7) is 4.33. The number of carbonyl (C=O) groups excluding carboxylic acids is 2. The van der Waals surface area contributed by atoms with E-state index in [-0.39, 0.29) is 48.0 Å². The van der Waals surface area contributed by atoms with E-state index in [4.69, 9.17) is 9.40 Å². The van der Waals surface area contributed by atoms with Gasteiger partial charge in [-0.15, -0.1) is 11.3 Å². The maximum Gasteiger partial charge on any atom is 0.229 e. The van der Waals surface area contributed by atoms with Crippen LogP contribution in [0.5, 0.6) is 0 Å². The lowest BCUT2D eigenvalue weighted by molar-refractivity contribution is -0.144. The summed E-state index contributed by atoms with van der Waals surface area (Å²) in [6.07, 6.45) is 6.13. The SMILES string of the molecule is C[C@]1(CO)[C@H]2Cc3sc(NC(=O)C4CCC4)nc3[C@@H](CC(=O)NCc3ccco3)[C@]2(C)CC[C@H]1O. The number of aromatic nitrogens is 1. The summed E-state index contributed by atoms with van der Waals surface area (Å²) in [5.74, 6) is 0.479. The zero-order valence-corrected chi connectivity index (χ0v) is 21.2. The summed E-state index contributed by atoms with van der Waals surface area (Å²) in [5.41, 5.74) is -0.121. The number of anilines is 1. The molecule has 0 radical (unpaired) electrons. The number of hydrogen-bond acceptors (Lipinski definition) is 7. The first kappa shape index (κ1) is 24.5. The summed E-state index contributed by atoms with van der Waals surface area (Å²) in [7, 11) is 0. The van der Waals surface area contributed by atoms with Crippen molar-refractivity contribution in [2.45, 2.75) is 77.4 Å². The number of furan rings is 1. The van der Waals surface area contributed by atoms with E-state index < -0.39 is 11.5 Å². The number of fused-ring (bicyclic) bond motifs is 2. The van der Waals surface area contributed by atoms with Gasteiger partial charge in [0.2, 0.25) is 11.8 Å². The fourth-order valence-electron chi connectivity index (χ4n) is 6.43. The van der Waals surface area contributed by atoms with Crippen LogP contribution in [-0.4, -0.2) is 39.7 Å². The Kier molecular flexibility index (Phi) is 6.52. The van der Waals surface area contributed by atoms with E-state index in [2.05, 4.69) is 17.6 Å². The van der Waals surface area contributed by atoms with Crippen molar-refractivity contribution in [2.24, 2.45) is 22.7 Å². The molecule has 2 aromatic heterocycles. The Labute approximate surface area is 209 Å². The molecule has 2 fully saturated rings. The maximum atomic E-state index is 13.1. The van der Waals surface area contributed by atoms with Crippen molar-refractivity contribution in [3.63, 3.8) is 0 Å². The molecule has 2 amide bonds. The molecule has 0 unspecified atom stereocenters. The second kappa shape index (κ2) is 9.33. The van der Waals surface area contributed by atoms with E-state index in [0.717, 1.165) is 36.3 Å². The molecule has 0 aliphatic heterocycles. The van der Waals surface area contributed by atoms with Crippen molar-refractivity contribution in [3.8, 4) is 0 Å². The predicted molar refractivity (Wildman–Crippen MR) is 132 cm³/mol. The summed E-state index contributed by atoms with van der Waals surface area (Å²) < 4.78 is 5.34. The van der Waals surface area contributed by atoms with Crippen molar-refractivity contribution in [1.82, 2.24) is 10.3 Å². The van der Waals surface area contributed by atoms with Crippen LogP contribution in [0.1, 0.15) is 74.6 Å². The number of carbonyl (C=O) groups is 2. The van der Waals surface area contributed by atoms with Crippen LogP contribution in [0, 0.1) is 22.7 Å². The molecular formula is C26H35N3O5S. The standard InChI is InChI=1S/C26H35N3O5S/c1-25-9-8-20(31)26(2,14-30)19(25)12-18-22(28-24(35-18)29-23(33)15-5-3-6-15)17(25)11-21(32)27-13-16-7-4-10-34-16/h4,7,10,15,17,19-20,30-31H,3,5-6,8-9,11-14H2,1-2H3,(H,27,32)(H,28,29,33)/t17-,19+,20-,25+,26+/m1/s1. The second-order valence-corrected chi connectivity index (χ2v) is 12.1. The van der Waals surface area contributed by atoms with Gasteiger partial charge >= 0.3 is 0 Å². The van der Waals surface area contributed by atoms with Crippen LogP contribution in [0.15, 0.2) is 22.8 Å². The smallest absolute Gasteiger partial charge is 0.229 e. The molecule has 8 nitrogen and oxygen atoms in total. The van der Waals surface area contributed by atoms with Gasteiger partial charge in [-0.1, -0.05) is 20.3 Å². The third kappa shape index (κ3) is 4.32. The molecule has 5 rings (SSSR count). The lowest BCUT2D eigenvalue weighted by Crippen LogP contribution is -2.57. The average Bonchev–Trinajstić information content (AvgIpc) is 3.45. The summed E-state index contributed by atoms with van der Waals surface area (Å²) in [5, 5.41) is 27.8. The Hall–Kier alpha value is -2.23. The summed E-state index contributed by atoms with van der Waals surface area (Å²) in [4.78, 5) is 31.6. The third-order valence-electron chi connectivity index (χ3n) is 9.03. The molecule has 0 aromatic carbocycles. The topological polar surface area (TPSA) is 125 Å². The zero-order chi connectivity index (χ0) is 24.8. The van der Waals surface area contributed by atoms with Crippen LogP contribution in [0.3, 0.4) is 0 Å². The van der Waals surface area contributed by atoms with E-state index in [1.165, 1.54) is 11.3 Å². The van der Waals surface area contributed by atoms with Gasteiger partial charge in [0.25, 0.3) is 0 Å². The first-order valence-corrected chi connectivity index (χ1v) is 13.4. The van der Waals surface area contributed by atoms with Gasteiger partial charge in [0.05, 0.1) is 31.2 Å². The molecular weight excluding hydrogens is 466 g/mol. The zero-order valence-electron chi connectivity index (χ0n) is 20.4. The quantitative estimate of drug-likeness (QED) is 0.460. The number of thiazole rings is 1. The molecule has 0 spiro atoms. The lowest BCUT2D eigenvalue weighted by atomic mass is 9.47. The molecule has 35 heavy (non-hydrogen) atoms. The van der Waals surface area contributed by atoms with Crippen molar-refractivity contribution in [3.05, 3.63) is 34.7 Å². The Morgan fingerprint density at radius 2 is 2.09 bits per heavy atom. The molecule has 9 heteroatoms. The van der Waals surface area contributed by atoms with Gasteiger partial charge in [0.1, 0.15) is 5.76 Å². The molecule has 3 aliphatic carbocycles. The van der Waals surface area contributed by atoms with Crippen LogP contribution in [-0.2, 0) is 22.6 Å². The highest BCUT2D eigenvalue weighted by molar-refractivity contribution is 7.15. The first-order chi connectivity index (χ1) is 16.7. The van der Waals surface area contributed by atoms with Gasteiger partial charge in [-0.2, -0.15) is 0 Å². The predicted octanol–water partition coefficient (Wildman–Crippen LogP) is 3.60. The highest BCUT2D eigenvalue weighted by Crippen LogP contribution is 2.62. The Balaban J connectivity index is 1.44. The summed E-state index contributed by atoms with van der Waals surface area (Å²) >= 11 is 1.47. The van der Waals surface area contributed by atoms with E-state index in [9.17, 15) is 19.8 Å². The summed E-state index contributed by atoms with van der Waals surface area (Å²) in [6, 6.07) is 3.61. The number of aliphatic hydroxyl groups excluding tert-OH is 2. The number of amides is 2. The highest BCUT2D eigenvalue weighted by Gasteiger charge is 2.59. The fraction of sp³-hybridized carbons (Fsp3) is 0.654. The van der Waals surface area contributed by atoms with Crippen molar-refractivity contribution in [1.29, 1.82) is 0 Å². The molecule has 0 bridgehead atoms. The van der Waals surface area contributed by atoms with E-state index in [0.29, 0.717) is 30.3 Å². The molecule has 2 saturated carbocycles. The lowest BCUT2D eigenvalue weighted by Gasteiger charge is -2.58. The van der Waals surface area contributed by atoms with Crippen LogP contribution >= 0.6 is 11.3 Å². The number of nitrogens with one attached hydrogen (secondary N) is 2. The molecule has 5 atom stereocenters. The molecule has 0 saturated heterocycles. The Morgan fingerprint density at radius 1 is 1.29 bits per heavy atom. The van der Waals surface area contributed by atoms with Crippen molar-refractivity contribution in [2.75, 3.05) is 11.9 Å². The normalized spacial score (nSPS) is 32.3. The van der Waals surface area contributed by atoms with Crippen molar-refractivity contribution < 1.29 is 24.2 Å². The number of hydrogen-bond donors (Lipinski definition) is 4. The Bertz CT molecular complexity index is 1080. The van der Waals surface area contributed by atoms with Crippen LogP contribution in [0.4, 0.5) is 5.13 Å². The van der Waals surface area contributed by atoms with Crippen molar-refractivity contribution >= 4 is 28.3 Å². The fourth-order valence-corrected chi connectivity index (χ4v) is 7.50. The molecule has 3 aliphatic rings. The molecule has 190 valence electrons. The monoisotopic (exact) mass is 501 g/mol. The van der Waals surface area contributed by atoms with Gasteiger partial charge < -0.3 is 25.3 Å². The number of nitrogens with zero attached hydrogens (tertiary/aromatic N) is 1. The van der Waals surface area contributed by atoms with Gasteiger partial charge in [0.15, 0.2) is 5.13 Å². The van der Waals surface area contributed by atoms with Crippen LogP contribution in [0.2, 0.25) is 0 Å². The van der Waals surface area contributed by atoms with E-state index in [1.54, 1.807) is 12.3 Å². The van der Waals surface area contributed by atoms with Crippen LogP contribution < -0.4 is 10.6 Å². The van der Waals surface area contributed by atoms with E-state index in [1.807, 2.05) is 13.0 Å². The van der Waals surface area contributed by atoms with Gasteiger partial charge in [-0.05, 0) is 55.6 Å². The van der Waals surface area contributed by atoms with E-state index >= 15 is 0 Å². The van der Waals surface area contributed by atoms with Gasteiger partial charge in [-0.3, -0.25) is 9.59 Å². The Morgan fingerprint density at radius 3 is 2.74 bits per heavy atom. The highest BCUT2D eigenvalue weighted by atomic mass is 32.1. The first-order valence-electron chi connectivity index (χ1n) is 12.6. The maximum absolute atomic E-state index is 13.1. The second-order valence-electron chi connectivity index (χ2n) is 11.0. The molecule has 4 N–H and O–H groups in total. The van der Waals surface area contributed by atoms with Gasteiger partial charge in [0, 0.05) is 28.5 Å². The minimum absolute atomic E-state index is 0.0187. The third-order valence-corrected chi connectivity index (χ3v) is 10.0. The minimum Gasteiger partial charge on any atom is -0.467 e. The number of rotatable bonds is 7. The number of aliphatic hydroxyl groups is 2. The van der Waals surface area contributed by atoms with Crippen LogP contribution in [0.25, 0.3) is 0 Å². The minimum atomic E-state index is -0.674. The average molecular weight is 502 g/mol. The van der Waals surface area contributed by atoms with Gasteiger partial charge in [-0.25, -0.2) is 4.98 Å². The largest absolute Gasteiger partial charge is 0.467 e.